The van der Waals surface area contributed by atoms with Crippen molar-refractivity contribution in [2.24, 2.45) is 7.05 Å². The van der Waals surface area contributed by atoms with E-state index in [2.05, 4.69) is 36.8 Å². The van der Waals surface area contributed by atoms with Gasteiger partial charge in [-0.3, -0.25) is 10.1 Å². The van der Waals surface area contributed by atoms with Gasteiger partial charge in [-0.25, -0.2) is 4.68 Å². The van der Waals surface area contributed by atoms with Crippen LogP contribution in [0.25, 0.3) is 0 Å². The summed E-state index contributed by atoms with van der Waals surface area (Å²) in [6, 6.07) is 3.17. The molecule has 0 aliphatic heterocycles. The molecule has 0 unspecified atom stereocenters. The van der Waals surface area contributed by atoms with Crippen molar-refractivity contribution in [2.45, 2.75) is 0 Å². The Hall–Kier alpha value is -1.70. The summed E-state index contributed by atoms with van der Waals surface area (Å²) in [5.74, 6) is 0.0380. The van der Waals surface area contributed by atoms with Crippen LogP contribution in [-0.4, -0.2) is 26.1 Å². The van der Waals surface area contributed by atoms with E-state index in [9.17, 15) is 4.79 Å². The third kappa shape index (κ3) is 2.04. The Labute approximate surface area is 92.6 Å². The van der Waals surface area contributed by atoms with Crippen LogP contribution in [0.15, 0.2) is 21.2 Å². The molecule has 1 amide bonds. The molecule has 0 atom stereocenters. The van der Waals surface area contributed by atoms with Gasteiger partial charge in [0.2, 0.25) is 5.95 Å². The lowest BCUT2D eigenvalue weighted by molar-refractivity contribution is 0.0994. The molecule has 7 nitrogen and oxygen atoms in total. The fraction of sp³-hybridized carbons (Fsp3) is 0.143. The summed E-state index contributed by atoms with van der Waals surface area (Å²) in [4.78, 5) is 11.5. The first-order chi connectivity index (χ1) is 7.16. The zero-order chi connectivity index (χ0) is 10.8. The third-order valence-corrected chi connectivity index (χ3v) is 2.07. The van der Waals surface area contributed by atoms with E-state index in [1.165, 1.54) is 4.68 Å². The average Bonchev–Trinajstić information content (AvgIpc) is 2.77. The molecule has 0 saturated heterocycles. The molecule has 8 heteroatoms. The van der Waals surface area contributed by atoms with Crippen LogP contribution in [-0.2, 0) is 7.05 Å². The topological polar surface area (TPSA) is 85.8 Å². The van der Waals surface area contributed by atoms with Crippen molar-refractivity contribution in [1.82, 2.24) is 20.2 Å². The number of anilines is 1. The van der Waals surface area contributed by atoms with Crippen LogP contribution < -0.4 is 5.32 Å². The van der Waals surface area contributed by atoms with Crippen molar-refractivity contribution in [1.29, 1.82) is 0 Å². The molecule has 2 aromatic rings. The van der Waals surface area contributed by atoms with Gasteiger partial charge in [0, 0.05) is 7.05 Å². The highest BCUT2D eigenvalue weighted by Crippen LogP contribution is 2.14. The number of nitrogens with zero attached hydrogens (tertiary/aromatic N) is 4. The zero-order valence-electron chi connectivity index (χ0n) is 7.64. The molecule has 1 N–H and O–H groups in total. The fourth-order valence-electron chi connectivity index (χ4n) is 0.935. The Morgan fingerprint density at radius 3 is 2.93 bits per heavy atom. The van der Waals surface area contributed by atoms with E-state index in [0.29, 0.717) is 4.67 Å². The summed E-state index contributed by atoms with van der Waals surface area (Å²) >= 11 is 3.10. The standard InChI is InChI=1S/C7H6BrN5O2/c1-13-7(10-11-12-13)9-6(14)4-2-3-5(8)15-4/h2-3H,1H3,(H,9,10,12,14). The Morgan fingerprint density at radius 2 is 2.40 bits per heavy atom. The number of tetrazole rings is 1. The molecule has 2 rings (SSSR count). The Kier molecular flexibility index (Phi) is 2.50. The van der Waals surface area contributed by atoms with E-state index < -0.39 is 5.91 Å². The number of nitrogens with one attached hydrogen (secondary N) is 1. The van der Waals surface area contributed by atoms with Gasteiger partial charge in [-0.1, -0.05) is 5.10 Å². The molecule has 15 heavy (non-hydrogen) atoms. The van der Waals surface area contributed by atoms with Crippen molar-refractivity contribution in [3.63, 3.8) is 0 Å². The number of aryl methyl sites for hydroxylation is 1. The first kappa shape index (κ1) is 9.84. The van der Waals surface area contributed by atoms with Gasteiger partial charge >= 0.3 is 0 Å². The second kappa shape index (κ2) is 3.81. The number of carbonyl (C=O) groups excluding carboxylic acids is 1. The van der Waals surface area contributed by atoms with Crippen molar-refractivity contribution in [3.8, 4) is 0 Å². The first-order valence-electron chi connectivity index (χ1n) is 3.96. The Bertz CT molecular complexity index is 491. The average molecular weight is 272 g/mol. The summed E-state index contributed by atoms with van der Waals surface area (Å²) in [5.41, 5.74) is 0. The number of rotatable bonds is 2. The number of furan rings is 1. The fourth-order valence-corrected chi connectivity index (χ4v) is 1.24. The van der Waals surface area contributed by atoms with Gasteiger partial charge in [-0.05, 0) is 38.5 Å². The van der Waals surface area contributed by atoms with Crippen LogP contribution in [0.1, 0.15) is 10.6 Å². The predicted molar refractivity (Wildman–Crippen MR) is 53.2 cm³/mol. The minimum absolute atomic E-state index is 0.185. The van der Waals surface area contributed by atoms with Gasteiger partial charge in [0.25, 0.3) is 5.91 Å². The molecule has 0 aliphatic carbocycles. The number of amides is 1. The lowest BCUT2D eigenvalue weighted by atomic mass is 10.4. The number of hydrogen-bond donors (Lipinski definition) is 1. The second-order valence-electron chi connectivity index (χ2n) is 2.68. The molecule has 0 saturated carbocycles. The number of hydrogen-bond acceptors (Lipinski definition) is 5. The van der Waals surface area contributed by atoms with Gasteiger partial charge in [-0.2, -0.15) is 0 Å². The Morgan fingerprint density at radius 1 is 1.60 bits per heavy atom. The van der Waals surface area contributed by atoms with Crippen LogP contribution in [0.3, 0.4) is 0 Å². The normalized spacial score (nSPS) is 10.3. The van der Waals surface area contributed by atoms with Gasteiger partial charge in [0.15, 0.2) is 10.4 Å². The zero-order valence-corrected chi connectivity index (χ0v) is 9.22. The van der Waals surface area contributed by atoms with Crippen molar-refractivity contribution in [3.05, 3.63) is 22.6 Å². The lowest BCUT2D eigenvalue weighted by Gasteiger charge is -1.98. The van der Waals surface area contributed by atoms with Gasteiger partial charge in [0.1, 0.15) is 0 Å². The summed E-state index contributed by atoms with van der Waals surface area (Å²) in [6.07, 6.45) is 0. The quantitative estimate of drug-likeness (QED) is 0.874. The Balaban J connectivity index is 2.14. The number of halogens is 1. The van der Waals surface area contributed by atoms with Crippen molar-refractivity contribution >= 4 is 27.8 Å². The van der Waals surface area contributed by atoms with Crippen molar-refractivity contribution in [2.75, 3.05) is 5.32 Å². The van der Waals surface area contributed by atoms with Gasteiger partial charge in [-0.15, -0.1) is 0 Å². The molecule has 0 radical (unpaired) electrons. The monoisotopic (exact) mass is 271 g/mol. The molecule has 78 valence electrons. The molecule has 2 aromatic heterocycles. The van der Waals surface area contributed by atoms with E-state index in [4.69, 9.17) is 4.42 Å². The molecule has 0 fully saturated rings. The van der Waals surface area contributed by atoms with E-state index >= 15 is 0 Å². The van der Waals surface area contributed by atoms with Crippen LogP contribution in [0.2, 0.25) is 0 Å². The highest BCUT2D eigenvalue weighted by Gasteiger charge is 2.13. The molecule has 0 aliphatic rings. The molecule has 0 spiro atoms. The maximum absolute atomic E-state index is 11.5. The third-order valence-electron chi connectivity index (χ3n) is 1.64. The molecule has 0 aromatic carbocycles. The highest BCUT2D eigenvalue weighted by molar-refractivity contribution is 9.10. The lowest BCUT2D eigenvalue weighted by Crippen LogP contribution is -2.14. The summed E-state index contributed by atoms with van der Waals surface area (Å²) in [6.45, 7) is 0. The van der Waals surface area contributed by atoms with Crippen LogP contribution in [0.4, 0.5) is 5.95 Å². The first-order valence-corrected chi connectivity index (χ1v) is 4.75. The van der Waals surface area contributed by atoms with Crippen LogP contribution in [0, 0.1) is 0 Å². The van der Waals surface area contributed by atoms with E-state index in [0.717, 1.165) is 0 Å². The second-order valence-corrected chi connectivity index (χ2v) is 3.47. The minimum atomic E-state index is -0.404. The minimum Gasteiger partial charge on any atom is -0.444 e. The highest BCUT2D eigenvalue weighted by atomic mass is 79.9. The van der Waals surface area contributed by atoms with Crippen LogP contribution in [0.5, 0.6) is 0 Å². The van der Waals surface area contributed by atoms with E-state index in [1.807, 2.05) is 0 Å². The number of aromatic nitrogens is 4. The van der Waals surface area contributed by atoms with Gasteiger partial charge in [0.05, 0.1) is 0 Å². The summed E-state index contributed by atoms with van der Waals surface area (Å²) in [5, 5.41) is 13.0. The predicted octanol–water partition coefficient (Wildman–Crippen LogP) is 0.818. The maximum atomic E-state index is 11.5. The molecular weight excluding hydrogens is 266 g/mol. The summed E-state index contributed by atoms with van der Waals surface area (Å²) in [7, 11) is 1.62. The van der Waals surface area contributed by atoms with E-state index in [1.54, 1.807) is 19.2 Å². The number of carbonyl (C=O) groups is 1. The molecular formula is C7H6BrN5O2. The van der Waals surface area contributed by atoms with Crippen molar-refractivity contribution < 1.29 is 9.21 Å². The SMILES string of the molecule is Cn1nnnc1NC(=O)c1ccc(Br)o1. The largest absolute Gasteiger partial charge is 0.444 e. The van der Waals surface area contributed by atoms with Gasteiger partial charge < -0.3 is 4.42 Å². The summed E-state index contributed by atoms with van der Waals surface area (Å²) < 4.78 is 6.89. The van der Waals surface area contributed by atoms with E-state index in [-0.39, 0.29) is 11.7 Å². The smallest absolute Gasteiger partial charge is 0.293 e. The molecule has 0 bridgehead atoms. The maximum Gasteiger partial charge on any atom is 0.293 e. The van der Waals surface area contributed by atoms with Crippen LogP contribution >= 0.6 is 15.9 Å². The molecule has 2 heterocycles.